The van der Waals surface area contributed by atoms with Gasteiger partial charge in [-0.25, -0.2) is 4.98 Å². The Morgan fingerprint density at radius 2 is 1.65 bits per heavy atom. The van der Waals surface area contributed by atoms with Crippen LogP contribution in [-0.4, -0.2) is 23.7 Å². The predicted octanol–water partition coefficient (Wildman–Crippen LogP) is 4.22. The molecule has 1 N–H and O–H groups in total. The number of pyridine rings is 1. The number of amides is 1. The highest BCUT2D eigenvalue weighted by Gasteiger charge is 2.30. The van der Waals surface area contributed by atoms with Crippen LogP contribution in [0.4, 0.5) is 32.0 Å². The second kappa shape index (κ2) is 7.63. The summed E-state index contributed by atoms with van der Waals surface area (Å²) in [6.07, 6.45) is -8.01. The molecular formula is C16H12F6N2O2. The lowest BCUT2D eigenvalue weighted by Gasteiger charge is -2.10. The average molecular weight is 378 g/mol. The Morgan fingerprint density at radius 1 is 1.00 bits per heavy atom. The quantitative estimate of drug-likeness (QED) is 0.793. The van der Waals surface area contributed by atoms with Crippen molar-refractivity contribution in [2.24, 2.45) is 0 Å². The summed E-state index contributed by atoms with van der Waals surface area (Å²) in [5.74, 6) is -0.779. The zero-order valence-corrected chi connectivity index (χ0v) is 13.0. The number of nitrogens with one attached hydrogen (secondary N) is 1. The van der Waals surface area contributed by atoms with Gasteiger partial charge in [0, 0.05) is 6.07 Å². The molecule has 2 rings (SSSR count). The molecule has 0 unspecified atom stereocenters. The monoisotopic (exact) mass is 378 g/mol. The van der Waals surface area contributed by atoms with Crippen LogP contribution in [0.15, 0.2) is 42.6 Å². The van der Waals surface area contributed by atoms with E-state index >= 15 is 0 Å². The first kappa shape index (κ1) is 19.5. The van der Waals surface area contributed by atoms with Gasteiger partial charge in [0.2, 0.25) is 11.8 Å². The fraction of sp³-hybridized carbons (Fsp3) is 0.250. The van der Waals surface area contributed by atoms with Gasteiger partial charge in [-0.15, -0.1) is 0 Å². The smallest absolute Gasteiger partial charge is 0.422 e. The highest BCUT2D eigenvalue weighted by molar-refractivity contribution is 5.92. The van der Waals surface area contributed by atoms with Crippen molar-refractivity contribution in [2.75, 3.05) is 11.9 Å². The van der Waals surface area contributed by atoms with Crippen molar-refractivity contribution in [1.29, 1.82) is 0 Å². The van der Waals surface area contributed by atoms with Crippen molar-refractivity contribution in [3.8, 4) is 5.88 Å². The summed E-state index contributed by atoms with van der Waals surface area (Å²) in [5.41, 5.74) is -0.241. The third kappa shape index (κ3) is 6.26. The number of ether oxygens (including phenoxy) is 1. The standard InChI is InChI=1S/C16H12F6N2O2/c17-15(18,19)9-26-14-6-5-12(8-23-14)24-13(25)7-10-1-3-11(4-2-10)16(20,21)22/h1-6,8H,7,9H2,(H,24,25). The molecule has 0 aliphatic carbocycles. The van der Waals surface area contributed by atoms with E-state index in [-0.39, 0.29) is 18.0 Å². The van der Waals surface area contributed by atoms with E-state index in [1.807, 2.05) is 0 Å². The zero-order valence-electron chi connectivity index (χ0n) is 13.0. The Hall–Kier alpha value is -2.78. The number of rotatable bonds is 5. The predicted molar refractivity (Wildman–Crippen MR) is 79.6 cm³/mol. The van der Waals surface area contributed by atoms with E-state index in [1.54, 1.807) is 0 Å². The van der Waals surface area contributed by atoms with Crippen LogP contribution in [0.1, 0.15) is 11.1 Å². The van der Waals surface area contributed by atoms with E-state index in [0.717, 1.165) is 24.4 Å². The Morgan fingerprint density at radius 3 is 2.15 bits per heavy atom. The summed E-state index contributed by atoms with van der Waals surface area (Å²) in [6.45, 7) is -1.49. The van der Waals surface area contributed by atoms with Crippen LogP contribution in [0.25, 0.3) is 0 Å². The number of benzene rings is 1. The Balaban J connectivity index is 1.89. The number of anilines is 1. The molecule has 1 amide bonds. The van der Waals surface area contributed by atoms with Crippen LogP contribution in [0.2, 0.25) is 0 Å². The maximum atomic E-state index is 12.5. The lowest BCUT2D eigenvalue weighted by Crippen LogP contribution is -2.19. The van der Waals surface area contributed by atoms with Gasteiger partial charge in [-0.1, -0.05) is 12.1 Å². The molecule has 1 aromatic carbocycles. The van der Waals surface area contributed by atoms with Crippen LogP contribution in [0, 0.1) is 0 Å². The van der Waals surface area contributed by atoms with Gasteiger partial charge in [-0.3, -0.25) is 4.79 Å². The van der Waals surface area contributed by atoms with Crippen molar-refractivity contribution in [3.05, 3.63) is 53.7 Å². The molecule has 0 spiro atoms. The molecule has 26 heavy (non-hydrogen) atoms. The highest BCUT2D eigenvalue weighted by atomic mass is 19.4. The fourth-order valence-electron chi connectivity index (χ4n) is 1.90. The van der Waals surface area contributed by atoms with E-state index in [1.165, 1.54) is 18.2 Å². The fourth-order valence-corrected chi connectivity index (χ4v) is 1.90. The summed E-state index contributed by atoms with van der Waals surface area (Å²) < 4.78 is 77.9. The lowest BCUT2D eigenvalue weighted by molar-refractivity contribution is -0.154. The van der Waals surface area contributed by atoms with Crippen molar-refractivity contribution in [3.63, 3.8) is 0 Å². The average Bonchev–Trinajstić information content (AvgIpc) is 2.53. The number of hydrogen-bond acceptors (Lipinski definition) is 3. The van der Waals surface area contributed by atoms with Crippen molar-refractivity contribution in [1.82, 2.24) is 4.98 Å². The highest BCUT2D eigenvalue weighted by Crippen LogP contribution is 2.29. The van der Waals surface area contributed by atoms with E-state index in [4.69, 9.17) is 0 Å². The summed E-state index contributed by atoms with van der Waals surface area (Å²) in [6, 6.07) is 6.57. The number of aromatic nitrogens is 1. The van der Waals surface area contributed by atoms with Crippen LogP contribution < -0.4 is 10.1 Å². The van der Waals surface area contributed by atoms with Gasteiger partial charge in [0.15, 0.2) is 6.61 Å². The van der Waals surface area contributed by atoms with E-state index < -0.39 is 30.4 Å². The molecule has 140 valence electrons. The largest absolute Gasteiger partial charge is 0.468 e. The van der Waals surface area contributed by atoms with Crippen LogP contribution in [0.3, 0.4) is 0 Å². The van der Waals surface area contributed by atoms with Gasteiger partial charge in [0.1, 0.15) is 0 Å². The van der Waals surface area contributed by atoms with E-state index in [9.17, 15) is 31.1 Å². The molecule has 0 aliphatic heterocycles. The molecule has 4 nitrogen and oxygen atoms in total. The molecule has 0 radical (unpaired) electrons. The van der Waals surface area contributed by atoms with Crippen molar-refractivity contribution in [2.45, 2.75) is 18.8 Å². The second-order valence-corrected chi connectivity index (χ2v) is 5.21. The molecule has 0 aliphatic rings. The number of nitrogens with zero attached hydrogens (tertiary/aromatic N) is 1. The van der Waals surface area contributed by atoms with Gasteiger partial charge >= 0.3 is 12.4 Å². The maximum absolute atomic E-state index is 12.5. The molecule has 0 saturated carbocycles. The van der Waals surface area contributed by atoms with Crippen LogP contribution in [0.5, 0.6) is 5.88 Å². The normalized spacial score (nSPS) is 11.9. The molecular weight excluding hydrogens is 366 g/mol. The number of carbonyl (C=O) groups is 1. The van der Waals surface area contributed by atoms with E-state index in [2.05, 4.69) is 15.0 Å². The minimum Gasteiger partial charge on any atom is -0.468 e. The van der Waals surface area contributed by atoms with Gasteiger partial charge < -0.3 is 10.1 Å². The molecule has 0 bridgehead atoms. The molecule has 1 heterocycles. The van der Waals surface area contributed by atoms with Gasteiger partial charge in [-0.05, 0) is 23.8 Å². The zero-order chi connectivity index (χ0) is 19.4. The molecule has 1 aromatic heterocycles. The van der Waals surface area contributed by atoms with Crippen molar-refractivity contribution >= 4 is 11.6 Å². The second-order valence-electron chi connectivity index (χ2n) is 5.21. The molecule has 0 fully saturated rings. The van der Waals surface area contributed by atoms with Gasteiger partial charge in [0.25, 0.3) is 0 Å². The first-order valence-electron chi connectivity index (χ1n) is 7.14. The minimum atomic E-state index is -4.49. The number of hydrogen-bond donors (Lipinski definition) is 1. The Kier molecular flexibility index (Phi) is 5.73. The van der Waals surface area contributed by atoms with Crippen LogP contribution >= 0.6 is 0 Å². The summed E-state index contributed by atoms with van der Waals surface area (Å²) in [5, 5.41) is 2.43. The lowest BCUT2D eigenvalue weighted by atomic mass is 10.1. The molecule has 10 heteroatoms. The van der Waals surface area contributed by atoms with Crippen molar-refractivity contribution < 1.29 is 35.9 Å². The van der Waals surface area contributed by atoms with Gasteiger partial charge in [-0.2, -0.15) is 26.3 Å². The number of carbonyl (C=O) groups excluding carboxylic acids is 1. The Labute approximate surface area is 143 Å². The molecule has 0 saturated heterocycles. The van der Waals surface area contributed by atoms with Gasteiger partial charge in [0.05, 0.1) is 23.9 Å². The summed E-state index contributed by atoms with van der Waals surface area (Å²) in [7, 11) is 0. The first-order chi connectivity index (χ1) is 12.0. The number of halogens is 6. The Bertz CT molecular complexity index is 739. The number of alkyl halides is 6. The maximum Gasteiger partial charge on any atom is 0.422 e. The summed E-state index contributed by atoms with van der Waals surface area (Å²) in [4.78, 5) is 15.5. The molecule has 0 atom stereocenters. The third-order valence-corrected chi connectivity index (χ3v) is 3.05. The first-order valence-corrected chi connectivity index (χ1v) is 7.14. The van der Waals surface area contributed by atoms with E-state index in [0.29, 0.717) is 5.56 Å². The minimum absolute atomic E-state index is 0.176. The SMILES string of the molecule is O=C(Cc1ccc(C(F)(F)F)cc1)Nc1ccc(OCC(F)(F)F)nc1. The van der Waals surface area contributed by atoms with Crippen LogP contribution in [-0.2, 0) is 17.4 Å². The molecule has 2 aromatic rings. The third-order valence-electron chi connectivity index (χ3n) is 3.05. The topological polar surface area (TPSA) is 51.2 Å². The summed E-state index contributed by atoms with van der Waals surface area (Å²) >= 11 is 0.